The highest BCUT2D eigenvalue weighted by molar-refractivity contribution is 6.30. The number of pyridine rings is 1. The minimum absolute atomic E-state index is 0.202. The molecule has 1 heterocycles. The number of nitriles is 1. The van der Waals surface area contributed by atoms with E-state index < -0.39 is 18.0 Å². The maximum atomic E-state index is 12.0. The summed E-state index contributed by atoms with van der Waals surface area (Å²) in [5.41, 5.74) is 0.537. The summed E-state index contributed by atoms with van der Waals surface area (Å²) in [6, 6.07) is 11.1. The van der Waals surface area contributed by atoms with Crippen molar-refractivity contribution < 1.29 is 14.3 Å². The number of amides is 1. The van der Waals surface area contributed by atoms with Crippen LogP contribution in [0.2, 0.25) is 5.02 Å². The van der Waals surface area contributed by atoms with E-state index in [1.165, 1.54) is 31.3 Å². The maximum absolute atomic E-state index is 12.0. The van der Waals surface area contributed by atoms with Gasteiger partial charge >= 0.3 is 5.97 Å². The van der Waals surface area contributed by atoms with Gasteiger partial charge in [0.1, 0.15) is 5.82 Å². The number of ether oxygens (including phenoxy) is 1. The van der Waals surface area contributed by atoms with Crippen LogP contribution >= 0.6 is 11.6 Å². The Kier molecular flexibility index (Phi) is 5.28. The molecular formula is C16H12ClN3O3. The monoisotopic (exact) mass is 329 g/mol. The molecule has 0 radical (unpaired) electrons. The highest BCUT2D eigenvalue weighted by atomic mass is 35.5. The topological polar surface area (TPSA) is 92.1 Å². The summed E-state index contributed by atoms with van der Waals surface area (Å²) in [6.45, 7) is 1.44. The second kappa shape index (κ2) is 7.38. The molecule has 116 valence electrons. The molecule has 0 unspecified atom stereocenters. The second-order valence-electron chi connectivity index (χ2n) is 4.59. The van der Waals surface area contributed by atoms with Gasteiger partial charge in [-0.1, -0.05) is 17.7 Å². The number of nitrogens with zero attached hydrogens (tertiary/aromatic N) is 2. The van der Waals surface area contributed by atoms with Crippen molar-refractivity contribution in [2.24, 2.45) is 0 Å². The first-order chi connectivity index (χ1) is 11.0. The first-order valence-corrected chi connectivity index (χ1v) is 7.01. The molecule has 0 bridgehead atoms. The van der Waals surface area contributed by atoms with Gasteiger partial charge in [-0.3, -0.25) is 4.79 Å². The molecule has 1 aromatic heterocycles. The molecule has 7 heteroatoms. The zero-order valence-electron chi connectivity index (χ0n) is 12.1. The van der Waals surface area contributed by atoms with E-state index in [0.29, 0.717) is 16.4 Å². The van der Waals surface area contributed by atoms with Gasteiger partial charge in [0.2, 0.25) is 0 Å². The average Bonchev–Trinajstić information content (AvgIpc) is 2.56. The van der Waals surface area contributed by atoms with Gasteiger partial charge in [0.05, 0.1) is 22.2 Å². The number of rotatable bonds is 4. The summed E-state index contributed by atoms with van der Waals surface area (Å²) in [5, 5.41) is 11.8. The molecule has 1 amide bonds. The van der Waals surface area contributed by atoms with Crippen molar-refractivity contribution >= 4 is 29.3 Å². The van der Waals surface area contributed by atoms with Crippen LogP contribution in [-0.2, 0) is 9.53 Å². The van der Waals surface area contributed by atoms with Crippen LogP contribution in [0.3, 0.4) is 0 Å². The van der Waals surface area contributed by atoms with E-state index in [4.69, 9.17) is 21.6 Å². The zero-order chi connectivity index (χ0) is 16.8. The molecule has 1 atom stereocenters. The van der Waals surface area contributed by atoms with E-state index in [1.807, 2.05) is 6.07 Å². The molecule has 0 aliphatic rings. The molecule has 0 saturated heterocycles. The Labute approximate surface area is 137 Å². The lowest BCUT2D eigenvalue weighted by Crippen LogP contribution is -2.30. The van der Waals surface area contributed by atoms with Gasteiger partial charge in [0.15, 0.2) is 6.10 Å². The number of hydrogen-bond donors (Lipinski definition) is 1. The van der Waals surface area contributed by atoms with Crippen LogP contribution in [-0.4, -0.2) is 23.0 Å². The number of anilines is 1. The van der Waals surface area contributed by atoms with E-state index in [9.17, 15) is 9.59 Å². The third-order valence-electron chi connectivity index (χ3n) is 2.86. The number of esters is 1. The molecule has 6 nitrogen and oxygen atoms in total. The highest BCUT2D eigenvalue weighted by Crippen LogP contribution is 2.11. The van der Waals surface area contributed by atoms with Crippen LogP contribution in [0.25, 0.3) is 0 Å². The first-order valence-electron chi connectivity index (χ1n) is 6.63. The Morgan fingerprint density at radius 3 is 2.78 bits per heavy atom. The van der Waals surface area contributed by atoms with E-state index in [1.54, 1.807) is 18.2 Å². The molecule has 0 aliphatic carbocycles. The molecular weight excluding hydrogens is 318 g/mol. The molecule has 0 fully saturated rings. The van der Waals surface area contributed by atoms with Crippen LogP contribution in [0.15, 0.2) is 42.6 Å². The Balaban J connectivity index is 1.98. The zero-order valence-corrected chi connectivity index (χ0v) is 12.9. The van der Waals surface area contributed by atoms with Gasteiger partial charge in [0, 0.05) is 6.20 Å². The molecule has 0 aliphatic heterocycles. The Hall–Kier alpha value is -2.91. The van der Waals surface area contributed by atoms with Crippen LogP contribution in [0.1, 0.15) is 22.8 Å². The summed E-state index contributed by atoms with van der Waals surface area (Å²) < 4.78 is 5.08. The normalized spacial score (nSPS) is 11.2. The van der Waals surface area contributed by atoms with Crippen LogP contribution in [0.4, 0.5) is 5.82 Å². The molecule has 0 saturated carbocycles. The fraction of sp³-hybridized carbons (Fsp3) is 0.125. The van der Waals surface area contributed by atoms with Crippen molar-refractivity contribution in [3.8, 4) is 6.07 Å². The largest absolute Gasteiger partial charge is 0.449 e. The van der Waals surface area contributed by atoms with Crippen molar-refractivity contribution in [3.63, 3.8) is 0 Å². The quantitative estimate of drug-likeness (QED) is 0.871. The minimum atomic E-state index is -1.02. The SMILES string of the molecule is C[C@H](OC(=O)c1cccc(C#N)c1)C(=O)Nc1ccc(Cl)cn1. The second-order valence-corrected chi connectivity index (χ2v) is 5.03. The van der Waals surface area contributed by atoms with E-state index in [0.717, 1.165) is 0 Å². The summed E-state index contributed by atoms with van der Waals surface area (Å²) in [4.78, 5) is 27.9. The van der Waals surface area contributed by atoms with Crippen molar-refractivity contribution in [2.45, 2.75) is 13.0 Å². The molecule has 1 N–H and O–H groups in total. The third kappa shape index (κ3) is 4.53. The summed E-state index contributed by atoms with van der Waals surface area (Å²) >= 11 is 5.70. The van der Waals surface area contributed by atoms with Crippen molar-refractivity contribution in [1.82, 2.24) is 4.98 Å². The highest BCUT2D eigenvalue weighted by Gasteiger charge is 2.19. The number of halogens is 1. The standard InChI is InChI=1S/C16H12ClN3O3/c1-10(15(21)20-14-6-5-13(17)9-19-14)23-16(22)12-4-2-3-11(7-12)8-18/h2-7,9-10H,1H3,(H,19,20,21)/t10-/m0/s1. The van der Waals surface area contributed by atoms with Crippen molar-refractivity contribution in [2.75, 3.05) is 5.32 Å². The molecule has 0 spiro atoms. The van der Waals surface area contributed by atoms with Gasteiger partial charge in [-0.05, 0) is 37.3 Å². The molecule has 2 rings (SSSR count). The van der Waals surface area contributed by atoms with Gasteiger partial charge in [-0.25, -0.2) is 9.78 Å². The summed E-state index contributed by atoms with van der Waals surface area (Å²) in [6.07, 6.45) is 0.368. The lowest BCUT2D eigenvalue weighted by molar-refractivity contribution is -0.123. The molecule has 2 aromatic rings. The average molecular weight is 330 g/mol. The third-order valence-corrected chi connectivity index (χ3v) is 3.08. The predicted octanol–water partition coefficient (Wildman–Crippen LogP) is 2.79. The predicted molar refractivity (Wildman–Crippen MR) is 83.9 cm³/mol. The number of carbonyl (C=O) groups is 2. The smallest absolute Gasteiger partial charge is 0.338 e. The Bertz CT molecular complexity index is 769. The Morgan fingerprint density at radius 1 is 1.35 bits per heavy atom. The van der Waals surface area contributed by atoms with Crippen molar-refractivity contribution in [3.05, 3.63) is 58.7 Å². The first kappa shape index (κ1) is 16.5. The number of aromatic nitrogens is 1. The summed E-state index contributed by atoms with van der Waals surface area (Å²) in [5.74, 6) is -0.910. The van der Waals surface area contributed by atoms with Gasteiger partial charge < -0.3 is 10.1 Å². The summed E-state index contributed by atoms with van der Waals surface area (Å²) in [7, 11) is 0. The van der Waals surface area contributed by atoms with Gasteiger partial charge in [-0.15, -0.1) is 0 Å². The maximum Gasteiger partial charge on any atom is 0.338 e. The molecule has 1 aromatic carbocycles. The lowest BCUT2D eigenvalue weighted by atomic mass is 10.1. The molecule has 23 heavy (non-hydrogen) atoms. The van der Waals surface area contributed by atoms with Crippen LogP contribution in [0.5, 0.6) is 0 Å². The Morgan fingerprint density at radius 2 is 2.13 bits per heavy atom. The van der Waals surface area contributed by atoms with E-state index >= 15 is 0 Å². The lowest BCUT2D eigenvalue weighted by Gasteiger charge is -2.13. The fourth-order valence-electron chi connectivity index (χ4n) is 1.68. The van der Waals surface area contributed by atoms with Crippen LogP contribution < -0.4 is 5.32 Å². The van der Waals surface area contributed by atoms with Gasteiger partial charge in [-0.2, -0.15) is 5.26 Å². The fourth-order valence-corrected chi connectivity index (χ4v) is 1.79. The van der Waals surface area contributed by atoms with Crippen molar-refractivity contribution in [1.29, 1.82) is 5.26 Å². The van der Waals surface area contributed by atoms with E-state index in [-0.39, 0.29) is 5.56 Å². The van der Waals surface area contributed by atoms with E-state index in [2.05, 4.69) is 10.3 Å². The number of hydrogen-bond acceptors (Lipinski definition) is 5. The number of benzene rings is 1. The van der Waals surface area contributed by atoms with Gasteiger partial charge in [0.25, 0.3) is 5.91 Å². The van der Waals surface area contributed by atoms with Crippen LogP contribution in [0, 0.1) is 11.3 Å². The number of carbonyl (C=O) groups excluding carboxylic acids is 2. The number of nitrogens with one attached hydrogen (secondary N) is 1. The minimum Gasteiger partial charge on any atom is -0.449 e.